The van der Waals surface area contributed by atoms with Gasteiger partial charge >= 0.3 is 0 Å². The summed E-state index contributed by atoms with van der Waals surface area (Å²) in [5, 5.41) is 0. The third kappa shape index (κ3) is 3.82. The van der Waals surface area contributed by atoms with E-state index >= 15 is 0 Å². The SMILES string of the molecule is Cc1ccccc1OCC(=O)N1CC(Oc2ncccc2Br)C1. The fourth-order valence-corrected chi connectivity index (χ4v) is 2.63. The van der Waals surface area contributed by atoms with Gasteiger partial charge in [0.2, 0.25) is 5.88 Å². The van der Waals surface area contributed by atoms with Crippen LogP contribution in [0.2, 0.25) is 0 Å². The van der Waals surface area contributed by atoms with Gasteiger partial charge in [0, 0.05) is 6.20 Å². The molecule has 1 saturated heterocycles. The van der Waals surface area contributed by atoms with Crippen LogP contribution in [0.15, 0.2) is 47.1 Å². The maximum Gasteiger partial charge on any atom is 0.260 e. The van der Waals surface area contributed by atoms with Crippen LogP contribution >= 0.6 is 15.9 Å². The second-order valence-corrected chi connectivity index (χ2v) is 6.24. The summed E-state index contributed by atoms with van der Waals surface area (Å²) < 4.78 is 12.1. The Bertz CT molecular complexity index is 702. The van der Waals surface area contributed by atoms with Crippen LogP contribution in [0.1, 0.15) is 5.56 Å². The van der Waals surface area contributed by atoms with Crippen LogP contribution in [-0.4, -0.2) is 41.6 Å². The number of nitrogens with zero attached hydrogens (tertiary/aromatic N) is 2. The monoisotopic (exact) mass is 376 g/mol. The van der Waals surface area contributed by atoms with Gasteiger partial charge in [-0.1, -0.05) is 18.2 Å². The van der Waals surface area contributed by atoms with Crippen LogP contribution in [0, 0.1) is 6.92 Å². The van der Waals surface area contributed by atoms with Gasteiger partial charge < -0.3 is 14.4 Å². The molecule has 3 rings (SSSR count). The summed E-state index contributed by atoms with van der Waals surface area (Å²) >= 11 is 3.39. The first kappa shape index (κ1) is 15.8. The molecule has 0 atom stereocenters. The van der Waals surface area contributed by atoms with Crippen molar-refractivity contribution in [2.45, 2.75) is 13.0 Å². The Balaban J connectivity index is 1.45. The van der Waals surface area contributed by atoms with Crippen molar-refractivity contribution in [2.75, 3.05) is 19.7 Å². The minimum Gasteiger partial charge on any atom is -0.484 e. The third-order valence-corrected chi connectivity index (χ3v) is 4.25. The zero-order valence-corrected chi connectivity index (χ0v) is 14.3. The maximum atomic E-state index is 12.1. The zero-order valence-electron chi connectivity index (χ0n) is 12.7. The molecule has 23 heavy (non-hydrogen) atoms. The van der Waals surface area contributed by atoms with E-state index in [1.165, 1.54) is 0 Å². The molecular formula is C17H17BrN2O3. The van der Waals surface area contributed by atoms with Crippen molar-refractivity contribution in [3.05, 3.63) is 52.6 Å². The number of aromatic nitrogens is 1. The van der Waals surface area contributed by atoms with E-state index in [2.05, 4.69) is 20.9 Å². The van der Waals surface area contributed by atoms with E-state index in [9.17, 15) is 4.79 Å². The van der Waals surface area contributed by atoms with Gasteiger partial charge in [0.1, 0.15) is 11.9 Å². The lowest BCUT2D eigenvalue weighted by molar-refractivity contribution is -0.142. The summed E-state index contributed by atoms with van der Waals surface area (Å²) in [4.78, 5) is 18.0. The Morgan fingerprint density at radius 3 is 2.83 bits per heavy atom. The van der Waals surface area contributed by atoms with Gasteiger partial charge in [0.25, 0.3) is 5.91 Å². The average Bonchev–Trinajstić information content (AvgIpc) is 2.51. The number of aryl methyl sites for hydroxylation is 1. The lowest BCUT2D eigenvalue weighted by Crippen LogP contribution is -2.57. The van der Waals surface area contributed by atoms with Gasteiger partial charge in [-0.05, 0) is 46.6 Å². The number of likely N-dealkylation sites (tertiary alicyclic amines) is 1. The minimum absolute atomic E-state index is 0.0244. The van der Waals surface area contributed by atoms with E-state index in [0.717, 1.165) is 15.8 Å². The molecule has 6 heteroatoms. The highest BCUT2D eigenvalue weighted by Crippen LogP contribution is 2.24. The summed E-state index contributed by atoms with van der Waals surface area (Å²) in [6, 6.07) is 11.4. The van der Waals surface area contributed by atoms with Crippen molar-refractivity contribution in [1.29, 1.82) is 0 Å². The normalized spacial score (nSPS) is 14.3. The predicted octanol–water partition coefficient (Wildman–Crippen LogP) is 2.82. The molecule has 5 nitrogen and oxygen atoms in total. The van der Waals surface area contributed by atoms with E-state index in [-0.39, 0.29) is 18.6 Å². The number of amides is 1. The Labute approximate surface area is 143 Å². The van der Waals surface area contributed by atoms with Gasteiger partial charge in [0.05, 0.1) is 17.6 Å². The van der Waals surface area contributed by atoms with E-state index in [1.807, 2.05) is 43.3 Å². The molecule has 0 unspecified atom stereocenters. The summed E-state index contributed by atoms with van der Waals surface area (Å²) in [5.41, 5.74) is 1.02. The number of pyridine rings is 1. The summed E-state index contributed by atoms with van der Waals surface area (Å²) in [7, 11) is 0. The number of halogens is 1. The second-order valence-electron chi connectivity index (χ2n) is 5.38. The molecule has 1 aliphatic rings. The van der Waals surface area contributed by atoms with Crippen LogP contribution < -0.4 is 9.47 Å². The second kappa shape index (κ2) is 7.00. The van der Waals surface area contributed by atoms with Crippen LogP contribution in [0.25, 0.3) is 0 Å². The first-order chi connectivity index (χ1) is 11.1. The van der Waals surface area contributed by atoms with Crippen LogP contribution in [0.5, 0.6) is 11.6 Å². The van der Waals surface area contributed by atoms with Gasteiger partial charge in [-0.15, -0.1) is 0 Å². The van der Waals surface area contributed by atoms with Crippen LogP contribution in [0.3, 0.4) is 0 Å². The molecule has 0 bridgehead atoms. The van der Waals surface area contributed by atoms with Crippen molar-refractivity contribution in [3.8, 4) is 11.6 Å². The first-order valence-corrected chi connectivity index (χ1v) is 8.16. The first-order valence-electron chi connectivity index (χ1n) is 7.37. The van der Waals surface area contributed by atoms with Crippen molar-refractivity contribution in [2.24, 2.45) is 0 Å². The highest BCUT2D eigenvalue weighted by atomic mass is 79.9. The van der Waals surface area contributed by atoms with Gasteiger partial charge in [-0.25, -0.2) is 4.98 Å². The molecule has 0 spiro atoms. The minimum atomic E-state index is -0.0341. The van der Waals surface area contributed by atoms with Crippen molar-refractivity contribution in [3.63, 3.8) is 0 Å². The molecule has 1 fully saturated rings. The number of hydrogen-bond donors (Lipinski definition) is 0. The van der Waals surface area contributed by atoms with Gasteiger partial charge in [-0.2, -0.15) is 0 Å². The Kier molecular flexibility index (Phi) is 4.81. The number of benzene rings is 1. The smallest absolute Gasteiger partial charge is 0.260 e. The largest absolute Gasteiger partial charge is 0.484 e. The quantitative estimate of drug-likeness (QED) is 0.804. The average molecular weight is 377 g/mol. The Hall–Kier alpha value is -2.08. The lowest BCUT2D eigenvalue weighted by Gasteiger charge is -2.38. The Morgan fingerprint density at radius 2 is 2.09 bits per heavy atom. The molecule has 1 amide bonds. The topological polar surface area (TPSA) is 51.7 Å². The molecule has 1 aromatic carbocycles. The highest BCUT2D eigenvalue weighted by molar-refractivity contribution is 9.10. The molecule has 0 saturated carbocycles. The van der Waals surface area contributed by atoms with Gasteiger partial charge in [0.15, 0.2) is 6.61 Å². The number of hydrogen-bond acceptors (Lipinski definition) is 4. The zero-order chi connectivity index (χ0) is 16.2. The number of carbonyl (C=O) groups excluding carboxylic acids is 1. The van der Waals surface area contributed by atoms with E-state index < -0.39 is 0 Å². The molecule has 2 heterocycles. The lowest BCUT2D eigenvalue weighted by atomic mass is 10.1. The molecule has 120 valence electrons. The molecular weight excluding hydrogens is 360 g/mol. The van der Waals surface area contributed by atoms with E-state index in [0.29, 0.717) is 19.0 Å². The van der Waals surface area contributed by atoms with Crippen LogP contribution in [0.4, 0.5) is 0 Å². The third-order valence-electron chi connectivity index (χ3n) is 3.65. The van der Waals surface area contributed by atoms with Gasteiger partial charge in [-0.3, -0.25) is 4.79 Å². The molecule has 0 N–H and O–H groups in total. The van der Waals surface area contributed by atoms with Crippen molar-refractivity contribution < 1.29 is 14.3 Å². The number of para-hydroxylation sites is 1. The molecule has 1 aliphatic heterocycles. The van der Waals surface area contributed by atoms with E-state index in [4.69, 9.17) is 9.47 Å². The van der Waals surface area contributed by atoms with Crippen molar-refractivity contribution >= 4 is 21.8 Å². The standard InChI is InChI=1S/C17H17BrN2O3/c1-12-5-2-3-7-15(12)22-11-16(21)20-9-13(10-20)23-17-14(18)6-4-8-19-17/h2-8,13H,9-11H2,1H3. The summed E-state index contributed by atoms with van der Waals surface area (Å²) in [5.74, 6) is 1.26. The fourth-order valence-electron chi connectivity index (χ4n) is 2.28. The number of rotatable bonds is 5. The van der Waals surface area contributed by atoms with Crippen LogP contribution in [-0.2, 0) is 4.79 Å². The molecule has 2 aromatic rings. The number of ether oxygens (including phenoxy) is 2. The predicted molar refractivity (Wildman–Crippen MR) is 89.6 cm³/mol. The molecule has 1 aromatic heterocycles. The number of carbonyl (C=O) groups is 1. The Morgan fingerprint density at radius 1 is 1.30 bits per heavy atom. The highest BCUT2D eigenvalue weighted by Gasteiger charge is 2.33. The maximum absolute atomic E-state index is 12.1. The summed E-state index contributed by atoms with van der Waals surface area (Å²) in [6.45, 7) is 3.11. The molecule has 0 aliphatic carbocycles. The summed E-state index contributed by atoms with van der Waals surface area (Å²) in [6.07, 6.45) is 1.65. The molecule has 0 radical (unpaired) electrons. The fraction of sp³-hybridized carbons (Fsp3) is 0.294. The van der Waals surface area contributed by atoms with E-state index in [1.54, 1.807) is 11.1 Å². The van der Waals surface area contributed by atoms with Crippen molar-refractivity contribution in [1.82, 2.24) is 9.88 Å².